The van der Waals surface area contributed by atoms with E-state index in [0.717, 1.165) is 4.57 Å². The summed E-state index contributed by atoms with van der Waals surface area (Å²) in [6.07, 6.45) is 1.62. The minimum atomic E-state index is -0.568. The van der Waals surface area contributed by atoms with Gasteiger partial charge in [0.25, 0.3) is 11.1 Å². The molecule has 3 aromatic heterocycles. The highest BCUT2D eigenvalue weighted by Gasteiger charge is 2.21. The van der Waals surface area contributed by atoms with Crippen LogP contribution < -0.4 is 22.1 Å². The van der Waals surface area contributed by atoms with Gasteiger partial charge in [0.05, 0.1) is 17.1 Å². The van der Waals surface area contributed by atoms with Crippen molar-refractivity contribution in [1.82, 2.24) is 18.7 Å². The summed E-state index contributed by atoms with van der Waals surface area (Å²) in [6, 6.07) is 19.0. The van der Waals surface area contributed by atoms with Crippen LogP contribution in [0.3, 0.4) is 0 Å². The van der Waals surface area contributed by atoms with Crippen molar-refractivity contribution in [3.05, 3.63) is 109 Å². The molecule has 0 saturated heterocycles. The number of para-hydroxylation sites is 2. The van der Waals surface area contributed by atoms with Crippen molar-refractivity contribution in [2.24, 2.45) is 7.05 Å². The number of hydrogen-bond donors (Lipinski definition) is 1. The van der Waals surface area contributed by atoms with Gasteiger partial charge in [-0.2, -0.15) is 0 Å². The largest absolute Gasteiger partial charge is 0.341 e. The second-order valence-electron chi connectivity index (χ2n) is 7.05. The highest BCUT2D eigenvalue weighted by molar-refractivity contribution is 7.13. The molecule has 0 unspecified atom stereocenters. The van der Waals surface area contributed by atoms with Gasteiger partial charge < -0.3 is 5.32 Å². The van der Waals surface area contributed by atoms with Gasteiger partial charge in [-0.1, -0.05) is 36.4 Å². The van der Waals surface area contributed by atoms with Gasteiger partial charge in [0.15, 0.2) is 5.13 Å². The normalized spacial score (nSPS) is 11.0. The average molecular weight is 443 g/mol. The second-order valence-corrected chi connectivity index (χ2v) is 7.94. The zero-order valence-electron chi connectivity index (χ0n) is 16.9. The fourth-order valence-corrected chi connectivity index (χ4v) is 4.20. The van der Waals surface area contributed by atoms with E-state index in [4.69, 9.17) is 0 Å². The summed E-state index contributed by atoms with van der Waals surface area (Å²) in [7, 11) is 1.54. The van der Waals surface area contributed by atoms with E-state index in [1.165, 1.54) is 26.5 Å². The van der Waals surface area contributed by atoms with Gasteiger partial charge in [-0.3, -0.25) is 14.2 Å². The molecule has 8 nitrogen and oxygen atoms in total. The molecule has 0 amide bonds. The molecule has 0 bridgehead atoms. The first-order valence-electron chi connectivity index (χ1n) is 9.75. The maximum absolute atomic E-state index is 13.7. The van der Waals surface area contributed by atoms with Crippen LogP contribution in [0.2, 0.25) is 0 Å². The zero-order valence-corrected chi connectivity index (χ0v) is 17.7. The molecular formula is C23H17N5O3S. The number of fused-ring (bicyclic) bond motifs is 1. The Kier molecular flexibility index (Phi) is 4.79. The monoisotopic (exact) mass is 443 g/mol. The molecule has 0 atom stereocenters. The number of thiazole rings is 1. The average Bonchev–Trinajstić information content (AvgIpc) is 3.31. The van der Waals surface area contributed by atoms with Gasteiger partial charge in [0.1, 0.15) is 11.0 Å². The zero-order chi connectivity index (χ0) is 22.2. The van der Waals surface area contributed by atoms with Gasteiger partial charge in [-0.05, 0) is 24.3 Å². The molecule has 0 saturated carbocycles. The minimum absolute atomic E-state index is 0.199. The van der Waals surface area contributed by atoms with E-state index in [0.29, 0.717) is 16.5 Å². The second kappa shape index (κ2) is 7.78. The van der Waals surface area contributed by atoms with Crippen LogP contribution in [0.15, 0.2) is 92.7 Å². The summed E-state index contributed by atoms with van der Waals surface area (Å²) in [4.78, 5) is 44.4. The van der Waals surface area contributed by atoms with E-state index in [-0.39, 0.29) is 22.3 Å². The van der Waals surface area contributed by atoms with Crippen LogP contribution in [0, 0.1) is 0 Å². The lowest BCUT2D eigenvalue weighted by atomic mass is 10.2. The van der Waals surface area contributed by atoms with Crippen LogP contribution in [-0.4, -0.2) is 18.7 Å². The van der Waals surface area contributed by atoms with Crippen molar-refractivity contribution < 1.29 is 0 Å². The first-order valence-corrected chi connectivity index (χ1v) is 10.6. The minimum Gasteiger partial charge on any atom is -0.331 e. The number of nitrogens with zero attached hydrogens (tertiary/aromatic N) is 4. The van der Waals surface area contributed by atoms with Crippen LogP contribution in [0.1, 0.15) is 0 Å². The van der Waals surface area contributed by atoms with E-state index in [2.05, 4.69) is 10.3 Å². The number of anilines is 2. The first kappa shape index (κ1) is 19.7. The number of aryl methyl sites for hydroxylation is 1. The lowest BCUT2D eigenvalue weighted by molar-refractivity contribution is 0.784. The smallest absolute Gasteiger partial charge is 0.331 e. The molecule has 0 spiro atoms. The summed E-state index contributed by atoms with van der Waals surface area (Å²) in [5.74, 6) is 0. The van der Waals surface area contributed by atoms with Crippen LogP contribution in [0.25, 0.3) is 22.4 Å². The van der Waals surface area contributed by atoms with E-state index < -0.39 is 11.2 Å². The van der Waals surface area contributed by atoms with Crippen molar-refractivity contribution in [3.63, 3.8) is 0 Å². The Labute approximate surface area is 185 Å². The fourth-order valence-electron chi connectivity index (χ4n) is 3.66. The molecule has 5 rings (SSSR count). The number of aromatic nitrogens is 4. The van der Waals surface area contributed by atoms with Crippen LogP contribution in [0.4, 0.5) is 10.8 Å². The van der Waals surface area contributed by atoms with Gasteiger partial charge in [-0.25, -0.2) is 18.9 Å². The Morgan fingerprint density at radius 3 is 2.09 bits per heavy atom. The molecule has 3 heterocycles. The summed E-state index contributed by atoms with van der Waals surface area (Å²) >= 11 is 1.34. The third-order valence-electron chi connectivity index (χ3n) is 5.12. The Bertz CT molecular complexity index is 1600. The number of rotatable bonds is 4. The lowest BCUT2D eigenvalue weighted by Gasteiger charge is -2.18. The summed E-state index contributed by atoms with van der Waals surface area (Å²) in [5.41, 5.74) is -0.00380. The highest BCUT2D eigenvalue weighted by Crippen LogP contribution is 2.24. The SMILES string of the molecule is Cn1c(=O)cc(Nc2nccs2)c2c(=O)n(-c3ccccc3)c(=O)n(-c3ccccc3)c21. The standard InChI is InChI=1S/C23H17N5O3S/c1-26-18(29)14-17(25-22-24-12-13-32-22)19-20(26)27(15-8-4-2-5-9-15)23(31)28(21(19)30)16-10-6-3-7-11-16/h2-14H,1H3,(H,24,25). The summed E-state index contributed by atoms with van der Waals surface area (Å²) in [6.45, 7) is 0. The summed E-state index contributed by atoms with van der Waals surface area (Å²) in [5, 5.41) is 5.60. The van der Waals surface area contributed by atoms with Gasteiger partial charge >= 0.3 is 5.69 Å². The predicted octanol–water partition coefficient (Wildman–Crippen LogP) is 3.04. The van der Waals surface area contributed by atoms with Crippen molar-refractivity contribution in [1.29, 1.82) is 0 Å². The van der Waals surface area contributed by atoms with Gasteiger partial charge in [-0.15, -0.1) is 11.3 Å². The number of benzene rings is 2. The third kappa shape index (κ3) is 3.15. The van der Waals surface area contributed by atoms with Crippen LogP contribution in [0.5, 0.6) is 0 Å². The molecule has 0 aliphatic carbocycles. The topological polar surface area (TPSA) is 90.9 Å². The van der Waals surface area contributed by atoms with Crippen molar-refractivity contribution in [2.75, 3.05) is 5.32 Å². The van der Waals surface area contributed by atoms with Crippen LogP contribution in [-0.2, 0) is 7.05 Å². The quantitative estimate of drug-likeness (QED) is 0.461. The molecule has 0 aliphatic heterocycles. The highest BCUT2D eigenvalue weighted by atomic mass is 32.1. The first-order chi connectivity index (χ1) is 15.6. The van der Waals surface area contributed by atoms with Crippen LogP contribution >= 0.6 is 11.3 Å². The molecule has 1 N–H and O–H groups in total. The van der Waals surface area contributed by atoms with E-state index in [1.54, 1.807) is 67.2 Å². The van der Waals surface area contributed by atoms with E-state index in [1.807, 2.05) is 12.1 Å². The number of nitrogens with one attached hydrogen (secondary N) is 1. The molecular weight excluding hydrogens is 426 g/mol. The third-order valence-corrected chi connectivity index (χ3v) is 5.81. The van der Waals surface area contributed by atoms with Crippen molar-refractivity contribution in [2.45, 2.75) is 0 Å². The maximum atomic E-state index is 13.7. The molecule has 158 valence electrons. The van der Waals surface area contributed by atoms with Gasteiger partial charge in [0.2, 0.25) is 0 Å². The van der Waals surface area contributed by atoms with E-state index >= 15 is 0 Å². The maximum Gasteiger partial charge on any atom is 0.341 e. The fraction of sp³-hybridized carbons (Fsp3) is 0.0435. The molecule has 0 radical (unpaired) electrons. The molecule has 0 fully saturated rings. The molecule has 0 aliphatic rings. The van der Waals surface area contributed by atoms with Crippen molar-refractivity contribution >= 4 is 33.2 Å². The number of hydrogen-bond acceptors (Lipinski definition) is 6. The predicted molar refractivity (Wildman–Crippen MR) is 126 cm³/mol. The van der Waals surface area contributed by atoms with Gasteiger partial charge in [0, 0.05) is 24.7 Å². The Morgan fingerprint density at radius 1 is 0.875 bits per heavy atom. The van der Waals surface area contributed by atoms with E-state index in [9.17, 15) is 14.4 Å². The molecule has 32 heavy (non-hydrogen) atoms. The lowest BCUT2D eigenvalue weighted by Crippen LogP contribution is -2.40. The summed E-state index contributed by atoms with van der Waals surface area (Å²) < 4.78 is 3.82. The Morgan fingerprint density at radius 2 is 1.50 bits per heavy atom. The molecule has 2 aromatic carbocycles. The molecule has 9 heteroatoms. The Balaban J connectivity index is 2.00. The van der Waals surface area contributed by atoms with Crippen molar-refractivity contribution in [3.8, 4) is 11.4 Å². The Hall–Kier alpha value is -4.24. The number of pyridine rings is 1. The molecule has 5 aromatic rings.